The summed E-state index contributed by atoms with van der Waals surface area (Å²) in [6, 6.07) is 4.27. The predicted molar refractivity (Wildman–Crippen MR) is 102 cm³/mol. The zero-order valence-corrected chi connectivity index (χ0v) is 17.3. The summed E-state index contributed by atoms with van der Waals surface area (Å²) in [4.78, 5) is 26.0. The minimum atomic E-state index is -2.64. The molecule has 1 aromatic carbocycles. The lowest BCUT2D eigenvalue weighted by Gasteiger charge is -2.32. The number of nitrogens with one attached hydrogen (secondary N) is 1. The summed E-state index contributed by atoms with van der Waals surface area (Å²) in [5.41, 5.74) is -0.460. The Labute approximate surface area is 166 Å². The maximum absolute atomic E-state index is 13.0. The monoisotopic (exact) mass is 446 g/mol. The number of halogens is 3. The highest BCUT2D eigenvalue weighted by Gasteiger charge is 2.25. The lowest BCUT2D eigenvalue weighted by Crippen LogP contribution is -2.42. The van der Waals surface area contributed by atoms with Crippen LogP contribution in [0.5, 0.6) is 0 Å². The van der Waals surface area contributed by atoms with E-state index in [2.05, 4.69) is 21.2 Å². The molecule has 0 saturated carbocycles. The fourth-order valence-electron chi connectivity index (χ4n) is 2.91. The van der Waals surface area contributed by atoms with Crippen molar-refractivity contribution < 1.29 is 23.1 Å². The third kappa shape index (κ3) is 6.45. The zero-order valence-electron chi connectivity index (χ0n) is 15.7. The van der Waals surface area contributed by atoms with Crippen LogP contribution in [0.1, 0.15) is 56.0 Å². The largest absolute Gasteiger partial charge is 0.444 e. The number of likely N-dealkylation sites (tertiary alicyclic amines) is 1. The first-order chi connectivity index (χ1) is 12.6. The van der Waals surface area contributed by atoms with Gasteiger partial charge in [-0.1, -0.05) is 15.9 Å². The Hall–Kier alpha value is -1.70. The number of hydrogen-bond acceptors (Lipinski definition) is 3. The molecule has 0 bridgehead atoms. The van der Waals surface area contributed by atoms with Gasteiger partial charge in [-0.2, -0.15) is 0 Å². The van der Waals surface area contributed by atoms with Crippen LogP contribution in [0.3, 0.4) is 0 Å². The molecular formula is C19H25BrF2N2O3. The van der Waals surface area contributed by atoms with Crippen LogP contribution in [-0.4, -0.2) is 42.1 Å². The molecule has 0 unspecified atom stereocenters. The number of rotatable bonds is 4. The van der Waals surface area contributed by atoms with Crippen LogP contribution in [-0.2, 0) is 4.74 Å². The molecule has 5 nitrogen and oxygen atoms in total. The number of piperidine rings is 1. The average Bonchev–Trinajstić information content (AvgIpc) is 2.58. The van der Waals surface area contributed by atoms with Crippen LogP contribution in [0.2, 0.25) is 0 Å². The average molecular weight is 447 g/mol. The standard InChI is InChI=1S/C19H25BrF2N2O3/c1-19(2,3)27-18(26)23-11-12-6-8-24(9-7-12)17(25)13-4-5-15(20)14(10-13)16(21)22/h4-5,10,12,16H,6-9,11H2,1-3H3,(H,23,26). The van der Waals surface area contributed by atoms with Crippen LogP contribution in [0.25, 0.3) is 0 Å². The van der Waals surface area contributed by atoms with Crippen molar-refractivity contribution in [1.82, 2.24) is 10.2 Å². The van der Waals surface area contributed by atoms with E-state index < -0.39 is 18.1 Å². The van der Waals surface area contributed by atoms with E-state index in [1.807, 2.05) is 0 Å². The SMILES string of the molecule is CC(C)(C)OC(=O)NCC1CCN(C(=O)c2ccc(Br)c(C(F)F)c2)CC1. The van der Waals surface area contributed by atoms with Gasteiger partial charge in [0.2, 0.25) is 0 Å². The first-order valence-corrected chi connectivity index (χ1v) is 9.70. The van der Waals surface area contributed by atoms with E-state index in [0.717, 1.165) is 12.8 Å². The Morgan fingerprint density at radius 2 is 1.93 bits per heavy atom. The zero-order chi connectivity index (χ0) is 20.2. The number of benzene rings is 1. The van der Waals surface area contributed by atoms with Gasteiger partial charge in [0.05, 0.1) is 0 Å². The van der Waals surface area contributed by atoms with E-state index in [-0.39, 0.29) is 23.0 Å². The van der Waals surface area contributed by atoms with Gasteiger partial charge < -0.3 is 15.0 Å². The molecule has 27 heavy (non-hydrogen) atoms. The molecule has 1 N–H and O–H groups in total. The fraction of sp³-hybridized carbons (Fsp3) is 0.579. The third-order valence-corrected chi connectivity index (χ3v) is 5.04. The van der Waals surface area contributed by atoms with Gasteiger partial charge in [0.1, 0.15) is 5.60 Å². The number of nitrogens with zero attached hydrogens (tertiary/aromatic N) is 1. The third-order valence-electron chi connectivity index (χ3n) is 4.31. The highest BCUT2D eigenvalue weighted by molar-refractivity contribution is 9.10. The van der Waals surface area contributed by atoms with Gasteiger partial charge in [0, 0.05) is 35.2 Å². The summed E-state index contributed by atoms with van der Waals surface area (Å²) in [6.45, 7) is 6.96. The Morgan fingerprint density at radius 1 is 1.30 bits per heavy atom. The molecule has 2 amide bonds. The molecule has 1 aliphatic rings. The van der Waals surface area contributed by atoms with E-state index in [4.69, 9.17) is 4.74 Å². The van der Waals surface area contributed by atoms with Crippen LogP contribution in [0.15, 0.2) is 22.7 Å². The van der Waals surface area contributed by atoms with Crippen molar-refractivity contribution >= 4 is 27.9 Å². The Balaban J connectivity index is 1.86. The Kier molecular flexibility index (Phi) is 7.19. The molecule has 150 valence electrons. The van der Waals surface area contributed by atoms with Crippen LogP contribution >= 0.6 is 15.9 Å². The van der Waals surface area contributed by atoms with Gasteiger partial charge in [-0.3, -0.25) is 4.79 Å². The number of carbonyl (C=O) groups is 2. The lowest BCUT2D eigenvalue weighted by molar-refractivity contribution is 0.0500. The first kappa shape index (κ1) is 21.6. The summed E-state index contributed by atoms with van der Waals surface area (Å²) in [7, 11) is 0. The highest BCUT2D eigenvalue weighted by Crippen LogP contribution is 2.29. The van der Waals surface area contributed by atoms with Crippen LogP contribution < -0.4 is 5.32 Å². The molecule has 0 aromatic heterocycles. The van der Waals surface area contributed by atoms with Crippen molar-refractivity contribution in [3.8, 4) is 0 Å². The molecule has 1 saturated heterocycles. The molecule has 0 aliphatic carbocycles. The van der Waals surface area contributed by atoms with Crippen LogP contribution in [0.4, 0.5) is 13.6 Å². The van der Waals surface area contributed by atoms with Crippen molar-refractivity contribution in [2.24, 2.45) is 5.92 Å². The van der Waals surface area contributed by atoms with Crippen molar-refractivity contribution in [3.63, 3.8) is 0 Å². The predicted octanol–water partition coefficient (Wildman–Crippen LogP) is 4.76. The van der Waals surface area contributed by atoms with Crippen LogP contribution in [0, 0.1) is 5.92 Å². The topological polar surface area (TPSA) is 58.6 Å². The molecule has 0 spiro atoms. The summed E-state index contributed by atoms with van der Waals surface area (Å²) in [5, 5.41) is 2.76. The lowest BCUT2D eigenvalue weighted by atomic mass is 9.96. The number of amides is 2. The minimum absolute atomic E-state index is 0.183. The minimum Gasteiger partial charge on any atom is -0.444 e. The van der Waals surface area contributed by atoms with Crippen molar-refractivity contribution in [1.29, 1.82) is 0 Å². The number of ether oxygens (including phenoxy) is 1. The summed E-state index contributed by atoms with van der Waals surface area (Å²) >= 11 is 3.08. The smallest absolute Gasteiger partial charge is 0.407 e. The van der Waals surface area contributed by atoms with E-state index in [9.17, 15) is 18.4 Å². The Morgan fingerprint density at radius 3 is 2.48 bits per heavy atom. The van der Waals surface area contributed by atoms with Crippen molar-refractivity contribution in [2.75, 3.05) is 19.6 Å². The molecule has 1 fully saturated rings. The summed E-state index contributed by atoms with van der Waals surface area (Å²) < 4.78 is 31.5. The maximum Gasteiger partial charge on any atom is 0.407 e. The normalized spacial score (nSPS) is 15.7. The first-order valence-electron chi connectivity index (χ1n) is 8.90. The highest BCUT2D eigenvalue weighted by atomic mass is 79.9. The second-order valence-corrected chi connectivity index (χ2v) is 8.51. The Bertz CT molecular complexity index is 684. The number of alkyl halides is 2. The number of alkyl carbamates (subject to hydrolysis) is 1. The van der Waals surface area contributed by atoms with E-state index in [1.165, 1.54) is 12.1 Å². The molecule has 2 rings (SSSR count). The van der Waals surface area contributed by atoms with Gasteiger partial charge >= 0.3 is 6.09 Å². The number of carbonyl (C=O) groups excluding carboxylic acids is 2. The van der Waals surface area contributed by atoms with Gasteiger partial charge in [0.25, 0.3) is 12.3 Å². The second-order valence-electron chi connectivity index (χ2n) is 7.66. The molecule has 1 aromatic rings. The van der Waals surface area contributed by atoms with E-state index in [1.54, 1.807) is 31.7 Å². The summed E-state index contributed by atoms with van der Waals surface area (Å²) in [5.74, 6) is 0.00561. The number of hydrogen-bond donors (Lipinski definition) is 1. The molecular weight excluding hydrogens is 422 g/mol. The molecule has 8 heteroatoms. The summed E-state index contributed by atoms with van der Waals surface area (Å²) in [6.07, 6.45) is -1.62. The van der Waals surface area contributed by atoms with Gasteiger partial charge in [-0.05, 0) is 57.7 Å². The molecule has 1 heterocycles. The molecule has 1 aliphatic heterocycles. The van der Waals surface area contributed by atoms with Crippen molar-refractivity contribution in [3.05, 3.63) is 33.8 Å². The van der Waals surface area contributed by atoms with Crippen molar-refractivity contribution in [2.45, 2.75) is 45.6 Å². The molecule has 0 radical (unpaired) electrons. The van der Waals surface area contributed by atoms with E-state index >= 15 is 0 Å². The van der Waals surface area contributed by atoms with Gasteiger partial charge in [-0.25, -0.2) is 13.6 Å². The van der Waals surface area contributed by atoms with Gasteiger partial charge in [0.15, 0.2) is 0 Å². The maximum atomic E-state index is 13.0. The fourth-order valence-corrected chi connectivity index (χ4v) is 3.33. The second kappa shape index (κ2) is 8.99. The molecule has 0 atom stereocenters. The van der Waals surface area contributed by atoms with Gasteiger partial charge in [-0.15, -0.1) is 0 Å². The van der Waals surface area contributed by atoms with E-state index in [0.29, 0.717) is 24.1 Å². The quantitative estimate of drug-likeness (QED) is 0.724.